The third-order valence-electron chi connectivity index (χ3n) is 3.71. The molecule has 4 rings (SSSR count). The van der Waals surface area contributed by atoms with Crippen LogP contribution in [0.1, 0.15) is 0 Å². The third kappa shape index (κ3) is 2.20. The SMILES string of the molecule is NC(=S)Nn1ccc2c(cnc3c(-c4ccccc4)cnn32)c1=O. The smallest absolute Gasteiger partial charge is 0.280 e. The molecule has 7 nitrogen and oxygen atoms in total. The summed E-state index contributed by atoms with van der Waals surface area (Å²) < 4.78 is 2.88. The largest absolute Gasteiger partial charge is 0.375 e. The molecule has 0 saturated heterocycles. The first kappa shape index (κ1) is 14.3. The van der Waals surface area contributed by atoms with Gasteiger partial charge in [0.2, 0.25) is 0 Å². The standard InChI is InChI=1S/C16H12N6OS/c17-16(24)20-21-7-6-13-12(15(21)23)8-18-14-11(9-19-22(13)14)10-4-2-1-3-5-10/h1-9H,(H3,17,20,24). The maximum absolute atomic E-state index is 12.5. The molecule has 0 bridgehead atoms. The van der Waals surface area contributed by atoms with Crippen LogP contribution in [0.2, 0.25) is 0 Å². The lowest BCUT2D eigenvalue weighted by molar-refractivity contribution is 0.914. The topological polar surface area (TPSA) is 90.2 Å². The van der Waals surface area contributed by atoms with E-state index < -0.39 is 0 Å². The zero-order chi connectivity index (χ0) is 16.7. The number of benzene rings is 1. The molecule has 0 fully saturated rings. The fraction of sp³-hybridized carbons (Fsp3) is 0. The van der Waals surface area contributed by atoms with Crippen LogP contribution in [0.15, 0.2) is 59.8 Å². The van der Waals surface area contributed by atoms with Gasteiger partial charge in [-0.15, -0.1) is 0 Å². The van der Waals surface area contributed by atoms with Crippen molar-refractivity contribution in [1.29, 1.82) is 0 Å². The van der Waals surface area contributed by atoms with E-state index in [2.05, 4.69) is 15.5 Å². The molecule has 3 heterocycles. The average molecular weight is 336 g/mol. The minimum atomic E-state index is -0.300. The Morgan fingerprint density at radius 3 is 2.71 bits per heavy atom. The number of fused-ring (bicyclic) bond motifs is 3. The summed E-state index contributed by atoms with van der Waals surface area (Å²) in [6.45, 7) is 0. The molecule has 0 amide bonds. The quantitative estimate of drug-likeness (QED) is 0.539. The summed E-state index contributed by atoms with van der Waals surface area (Å²) in [4.78, 5) is 16.9. The van der Waals surface area contributed by atoms with Crippen molar-refractivity contribution in [2.24, 2.45) is 5.73 Å². The van der Waals surface area contributed by atoms with Crippen LogP contribution in [0.3, 0.4) is 0 Å². The Hall–Kier alpha value is -3.26. The second kappa shape index (κ2) is 5.43. The van der Waals surface area contributed by atoms with Crippen molar-refractivity contribution in [2.45, 2.75) is 0 Å². The van der Waals surface area contributed by atoms with E-state index in [-0.39, 0.29) is 10.7 Å². The second-order valence-corrected chi connectivity index (χ2v) is 5.62. The van der Waals surface area contributed by atoms with Gasteiger partial charge in [-0.3, -0.25) is 10.2 Å². The lowest BCUT2D eigenvalue weighted by Gasteiger charge is -2.08. The lowest BCUT2D eigenvalue weighted by atomic mass is 10.1. The van der Waals surface area contributed by atoms with Crippen LogP contribution >= 0.6 is 12.2 Å². The van der Waals surface area contributed by atoms with Gasteiger partial charge >= 0.3 is 0 Å². The van der Waals surface area contributed by atoms with Crippen molar-refractivity contribution in [1.82, 2.24) is 19.3 Å². The number of nitrogens with zero attached hydrogens (tertiary/aromatic N) is 4. The van der Waals surface area contributed by atoms with E-state index in [0.29, 0.717) is 16.6 Å². The predicted molar refractivity (Wildman–Crippen MR) is 96.3 cm³/mol. The van der Waals surface area contributed by atoms with Crippen LogP contribution in [0.25, 0.3) is 27.7 Å². The van der Waals surface area contributed by atoms with E-state index in [1.165, 1.54) is 4.68 Å². The number of pyridine rings is 1. The molecule has 0 atom stereocenters. The highest BCUT2D eigenvalue weighted by Crippen LogP contribution is 2.24. The first-order valence-corrected chi connectivity index (χ1v) is 7.56. The van der Waals surface area contributed by atoms with Gasteiger partial charge in [0.25, 0.3) is 5.56 Å². The number of hydrogen-bond acceptors (Lipinski definition) is 4. The zero-order valence-corrected chi connectivity index (χ0v) is 13.2. The molecule has 0 spiro atoms. The summed E-state index contributed by atoms with van der Waals surface area (Å²) in [5, 5.41) is 4.81. The number of rotatable bonds is 2. The highest BCUT2D eigenvalue weighted by molar-refractivity contribution is 7.80. The van der Waals surface area contributed by atoms with Gasteiger partial charge in [0.15, 0.2) is 10.8 Å². The van der Waals surface area contributed by atoms with Gasteiger partial charge in [0, 0.05) is 18.0 Å². The van der Waals surface area contributed by atoms with E-state index in [9.17, 15) is 4.79 Å². The van der Waals surface area contributed by atoms with E-state index in [4.69, 9.17) is 18.0 Å². The number of nitrogens with two attached hydrogens (primary N) is 1. The van der Waals surface area contributed by atoms with Crippen molar-refractivity contribution < 1.29 is 0 Å². The van der Waals surface area contributed by atoms with Gasteiger partial charge in [0.05, 0.1) is 17.1 Å². The first-order chi connectivity index (χ1) is 11.6. The molecule has 4 aromatic rings. The summed E-state index contributed by atoms with van der Waals surface area (Å²) in [5.74, 6) is 0. The number of thiocarbonyl (C=S) groups is 1. The molecule has 24 heavy (non-hydrogen) atoms. The Morgan fingerprint density at radius 2 is 1.96 bits per heavy atom. The molecule has 3 aromatic heterocycles. The van der Waals surface area contributed by atoms with Crippen LogP contribution in [0, 0.1) is 0 Å². The van der Waals surface area contributed by atoms with Gasteiger partial charge in [-0.25, -0.2) is 14.2 Å². The highest BCUT2D eigenvalue weighted by Gasteiger charge is 2.12. The first-order valence-electron chi connectivity index (χ1n) is 7.15. The summed E-state index contributed by atoms with van der Waals surface area (Å²) in [5.41, 5.74) is 11.0. The number of aromatic nitrogens is 4. The second-order valence-electron chi connectivity index (χ2n) is 5.18. The zero-order valence-electron chi connectivity index (χ0n) is 12.4. The Kier molecular flexibility index (Phi) is 3.24. The predicted octanol–water partition coefficient (Wildman–Crippen LogP) is 1.50. The number of nitrogens with one attached hydrogen (secondary N) is 1. The Morgan fingerprint density at radius 1 is 1.17 bits per heavy atom. The van der Waals surface area contributed by atoms with Crippen LogP contribution in [0.5, 0.6) is 0 Å². The molecule has 1 aromatic carbocycles. The molecular formula is C16H12N6OS. The van der Waals surface area contributed by atoms with Gasteiger partial charge in [-0.05, 0) is 23.8 Å². The van der Waals surface area contributed by atoms with E-state index >= 15 is 0 Å². The van der Waals surface area contributed by atoms with Crippen LogP contribution in [-0.4, -0.2) is 24.4 Å². The minimum Gasteiger partial charge on any atom is -0.375 e. The molecule has 0 aliphatic rings. The van der Waals surface area contributed by atoms with Crippen molar-refractivity contribution in [3.8, 4) is 11.1 Å². The van der Waals surface area contributed by atoms with Crippen LogP contribution in [-0.2, 0) is 0 Å². The third-order valence-corrected chi connectivity index (χ3v) is 3.80. The van der Waals surface area contributed by atoms with E-state index in [1.54, 1.807) is 29.2 Å². The summed E-state index contributed by atoms with van der Waals surface area (Å²) in [6.07, 6.45) is 4.85. The van der Waals surface area contributed by atoms with Gasteiger partial charge < -0.3 is 5.73 Å². The Balaban J connectivity index is 1.97. The Bertz CT molecular complexity index is 1130. The van der Waals surface area contributed by atoms with Crippen LogP contribution in [0.4, 0.5) is 0 Å². The fourth-order valence-corrected chi connectivity index (χ4v) is 2.74. The molecule has 0 saturated carbocycles. The lowest BCUT2D eigenvalue weighted by Crippen LogP contribution is -2.35. The fourth-order valence-electron chi connectivity index (χ4n) is 2.64. The molecule has 8 heteroatoms. The monoisotopic (exact) mass is 336 g/mol. The normalized spacial score (nSPS) is 11.0. The van der Waals surface area contributed by atoms with Gasteiger partial charge in [-0.1, -0.05) is 30.3 Å². The average Bonchev–Trinajstić information content (AvgIpc) is 3.02. The molecule has 3 N–H and O–H groups in total. The van der Waals surface area contributed by atoms with E-state index in [1.807, 2.05) is 30.3 Å². The molecule has 0 aliphatic heterocycles. The molecule has 0 aliphatic carbocycles. The van der Waals surface area contributed by atoms with Crippen molar-refractivity contribution in [2.75, 3.05) is 5.43 Å². The van der Waals surface area contributed by atoms with E-state index in [0.717, 1.165) is 11.1 Å². The van der Waals surface area contributed by atoms with Crippen molar-refractivity contribution in [3.63, 3.8) is 0 Å². The maximum atomic E-state index is 12.5. The van der Waals surface area contributed by atoms with Gasteiger partial charge in [0.1, 0.15) is 0 Å². The summed E-state index contributed by atoms with van der Waals surface area (Å²) in [7, 11) is 0. The highest BCUT2D eigenvalue weighted by atomic mass is 32.1. The molecule has 0 radical (unpaired) electrons. The Labute approximate surface area is 141 Å². The molecular weight excluding hydrogens is 324 g/mol. The maximum Gasteiger partial charge on any atom is 0.280 e. The van der Waals surface area contributed by atoms with Crippen molar-refractivity contribution >= 4 is 33.9 Å². The number of hydrogen-bond donors (Lipinski definition) is 2. The van der Waals surface area contributed by atoms with Gasteiger partial charge in [-0.2, -0.15) is 5.10 Å². The van der Waals surface area contributed by atoms with Crippen LogP contribution < -0.4 is 16.7 Å². The molecule has 118 valence electrons. The van der Waals surface area contributed by atoms with Crippen molar-refractivity contribution in [3.05, 3.63) is 65.3 Å². The minimum absolute atomic E-state index is 0.0101. The summed E-state index contributed by atoms with van der Waals surface area (Å²) in [6, 6.07) is 11.6. The summed E-state index contributed by atoms with van der Waals surface area (Å²) >= 11 is 4.77. The molecule has 0 unspecified atom stereocenters.